The number of rotatable bonds is 2. The molecule has 1 saturated carbocycles. The normalized spacial score (nSPS) is 39.0. The van der Waals surface area contributed by atoms with Crippen LogP contribution in [0.4, 0.5) is 0 Å². The Labute approximate surface area is 70.1 Å². The standard InChI is InChI=1S/C10H19O/c1-4-10(11-3)7-5-9(2)6-8-10/h4,9H,5-8H2,1-3H3. The molecular formula is C10H19O. The Balaban J connectivity index is 2.45. The highest BCUT2D eigenvalue weighted by Gasteiger charge is 2.32. The van der Waals surface area contributed by atoms with Crippen molar-refractivity contribution in [3.8, 4) is 0 Å². The molecule has 0 spiro atoms. The van der Waals surface area contributed by atoms with Crippen molar-refractivity contribution < 1.29 is 4.74 Å². The van der Waals surface area contributed by atoms with E-state index in [2.05, 4.69) is 20.3 Å². The van der Waals surface area contributed by atoms with E-state index < -0.39 is 0 Å². The van der Waals surface area contributed by atoms with E-state index in [-0.39, 0.29) is 5.60 Å². The van der Waals surface area contributed by atoms with Gasteiger partial charge in [0.1, 0.15) is 0 Å². The maximum atomic E-state index is 5.52. The minimum atomic E-state index is 0.118. The molecule has 0 aromatic heterocycles. The van der Waals surface area contributed by atoms with Crippen LogP contribution in [0.3, 0.4) is 0 Å². The van der Waals surface area contributed by atoms with E-state index in [1.807, 2.05) is 7.11 Å². The highest BCUT2D eigenvalue weighted by Crippen LogP contribution is 2.35. The first-order valence-corrected chi connectivity index (χ1v) is 4.58. The van der Waals surface area contributed by atoms with E-state index in [1.165, 1.54) is 25.7 Å². The van der Waals surface area contributed by atoms with Gasteiger partial charge in [-0.1, -0.05) is 13.8 Å². The average Bonchev–Trinajstić information content (AvgIpc) is 2.07. The third-order valence-electron chi connectivity index (χ3n) is 3.05. The van der Waals surface area contributed by atoms with E-state index >= 15 is 0 Å². The van der Waals surface area contributed by atoms with E-state index in [9.17, 15) is 0 Å². The highest BCUT2D eigenvalue weighted by molar-refractivity contribution is 4.94. The van der Waals surface area contributed by atoms with Gasteiger partial charge in [-0.05, 0) is 38.0 Å². The molecule has 1 radical (unpaired) electrons. The molecule has 0 unspecified atom stereocenters. The van der Waals surface area contributed by atoms with Gasteiger partial charge in [0, 0.05) is 7.11 Å². The van der Waals surface area contributed by atoms with Crippen molar-refractivity contribution in [1.29, 1.82) is 0 Å². The number of ether oxygens (including phenoxy) is 1. The quantitative estimate of drug-likeness (QED) is 0.596. The smallest absolute Gasteiger partial charge is 0.0708 e. The summed E-state index contributed by atoms with van der Waals surface area (Å²) in [6.07, 6.45) is 7.28. The molecule has 0 amide bonds. The minimum Gasteiger partial charge on any atom is -0.378 e. The fourth-order valence-electron chi connectivity index (χ4n) is 1.86. The Bertz CT molecular complexity index is 106. The fraction of sp³-hybridized carbons (Fsp3) is 0.900. The molecule has 1 aliphatic carbocycles. The molecule has 1 rings (SSSR count). The van der Waals surface area contributed by atoms with Crippen LogP contribution in [-0.2, 0) is 4.74 Å². The lowest BCUT2D eigenvalue weighted by Crippen LogP contribution is -2.35. The molecule has 1 heteroatoms. The summed E-state index contributed by atoms with van der Waals surface area (Å²) in [5.41, 5.74) is 0.118. The molecular weight excluding hydrogens is 136 g/mol. The Morgan fingerprint density at radius 3 is 2.27 bits per heavy atom. The largest absolute Gasteiger partial charge is 0.378 e. The third-order valence-corrected chi connectivity index (χ3v) is 3.05. The van der Waals surface area contributed by atoms with Crippen molar-refractivity contribution in [2.24, 2.45) is 5.92 Å². The second kappa shape index (κ2) is 3.57. The Hall–Kier alpha value is -0.0400. The molecule has 0 N–H and O–H groups in total. The molecule has 11 heavy (non-hydrogen) atoms. The predicted molar refractivity (Wildman–Crippen MR) is 47.3 cm³/mol. The fourth-order valence-corrected chi connectivity index (χ4v) is 1.86. The average molecular weight is 155 g/mol. The SMILES string of the molecule is C[CH]C1(OC)CCC(C)CC1. The predicted octanol–water partition coefficient (Wildman–Crippen LogP) is 2.81. The van der Waals surface area contributed by atoms with E-state index in [0.29, 0.717) is 0 Å². The van der Waals surface area contributed by atoms with E-state index in [4.69, 9.17) is 4.74 Å². The summed E-state index contributed by atoms with van der Waals surface area (Å²) in [7, 11) is 1.83. The van der Waals surface area contributed by atoms with Crippen LogP contribution in [0.25, 0.3) is 0 Å². The second-order valence-corrected chi connectivity index (χ2v) is 3.74. The van der Waals surface area contributed by atoms with Gasteiger partial charge in [0.25, 0.3) is 0 Å². The lowest BCUT2D eigenvalue weighted by molar-refractivity contribution is -0.0204. The summed E-state index contributed by atoms with van der Waals surface area (Å²) in [4.78, 5) is 0. The second-order valence-electron chi connectivity index (χ2n) is 3.74. The van der Waals surface area contributed by atoms with Gasteiger partial charge in [-0.15, -0.1) is 0 Å². The maximum Gasteiger partial charge on any atom is 0.0708 e. The van der Waals surface area contributed by atoms with Crippen LogP contribution in [0.5, 0.6) is 0 Å². The molecule has 65 valence electrons. The summed E-state index contributed by atoms with van der Waals surface area (Å²) in [5.74, 6) is 0.901. The Morgan fingerprint density at radius 2 is 1.91 bits per heavy atom. The number of hydrogen-bond acceptors (Lipinski definition) is 1. The van der Waals surface area contributed by atoms with Crippen molar-refractivity contribution in [2.75, 3.05) is 7.11 Å². The van der Waals surface area contributed by atoms with Crippen molar-refractivity contribution in [1.82, 2.24) is 0 Å². The van der Waals surface area contributed by atoms with Gasteiger partial charge < -0.3 is 4.74 Å². The van der Waals surface area contributed by atoms with Gasteiger partial charge in [-0.2, -0.15) is 0 Å². The summed E-state index contributed by atoms with van der Waals surface area (Å²) < 4.78 is 5.52. The zero-order chi connectivity index (χ0) is 8.32. The van der Waals surface area contributed by atoms with Crippen LogP contribution >= 0.6 is 0 Å². The van der Waals surface area contributed by atoms with E-state index in [0.717, 1.165) is 5.92 Å². The minimum absolute atomic E-state index is 0.118. The van der Waals surface area contributed by atoms with Gasteiger partial charge in [-0.25, -0.2) is 0 Å². The molecule has 0 saturated heterocycles. The molecule has 1 aliphatic rings. The molecule has 0 heterocycles. The highest BCUT2D eigenvalue weighted by atomic mass is 16.5. The summed E-state index contributed by atoms with van der Waals surface area (Å²) in [6, 6.07) is 0. The van der Waals surface area contributed by atoms with Crippen LogP contribution in [0.2, 0.25) is 0 Å². The van der Waals surface area contributed by atoms with Gasteiger partial charge in [0.2, 0.25) is 0 Å². The maximum absolute atomic E-state index is 5.52. The van der Waals surface area contributed by atoms with Gasteiger partial charge >= 0.3 is 0 Å². The van der Waals surface area contributed by atoms with Crippen LogP contribution in [0.1, 0.15) is 39.5 Å². The van der Waals surface area contributed by atoms with Crippen molar-refractivity contribution in [2.45, 2.75) is 45.1 Å². The molecule has 1 fully saturated rings. The summed E-state index contributed by atoms with van der Waals surface area (Å²) >= 11 is 0. The first-order valence-electron chi connectivity index (χ1n) is 4.58. The van der Waals surface area contributed by atoms with Crippen LogP contribution in [0, 0.1) is 12.3 Å². The number of hydrogen-bond donors (Lipinski definition) is 0. The van der Waals surface area contributed by atoms with Gasteiger partial charge in [-0.3, -0.25) is 0 Å². The summed E-state index contributed by atoms with van der Waals surface area (Å²) in [6.45, 7) is 4.44. The first kappa shape index (κ1) is 9.05. The summed E-state index contributed by atoms with van der Waals surface area (Å²) in [5, 5.41) is 0. The molecule has 1 nitrogen and oxygen atoms in total. The van der Waals surface area contributed by atoms with Crippen LogP contribution in [0.15, 0.2) is 0 Å². The lowest BCUT2D eigenvalue weighted by atomic mass is 9.78. The monoisotopic (exact) mass is 155 g/mol. The van der Waals surface area contributed by atoms with Crippen molar-refractivity contribution in [3.05, 3.63) is 6.42 Å². The van der Waals surface area contributed by atoms with Gasteiger partial charge in [0.05, 0.1) is 5.60 Å². The van der Waals surface area contributed by atoms with Crippen LogP contribution in [-0.4, -0.2) is 12.7 Å². The Morgan fingerprint density at radius 1 is 1.36 bits per heavy atom. The van der Waals surface area contributed by atoms with Gasteiger partial charge in [0.15, 0.2) is 0 Å². The Kier molecular flexibility index (Phi) is 2.94. The molecule has 0 bridgehead atoms. The zero-order valence-electron chi connectivity index (χ0n) is 7.89. The molecule has 0 aromatic rings. The lowest BCUT2D eigenvalue weighted by Gasteiger charge is -2.37. The van der Waals surface area contributed by atoms with E-state index in [1.54, 1.807) is 0 Å². The molecule has 0 aliphatic heterocycles. The van der Waals surface area contributed by atoms with Crippen molar-refractivity contribution in [3.63, 3.8) is 0 Å². The first-order chi connectivity index (χ1) is 5.22. The number of methoxy groups -OCH3 is 1. The zero-order valence-corrected chi connectivity index (χ0v) is 7.89. The molecule has 0 aromatic carbocycles. The van der Waals surface area contributed by atoms with Crippen molar-refractivity contribution >= 4 is 0 Å². The third kappa shape index (κ3) is 1.96. The topological polar surface area (TPSA) is 9.23 Å². The molecule has 0 atom stereocenters. The van der Waals surface area contributed by atoms with Crippen LogP contribution < -0.4 is 0 Å².